The number of hydrogen-bond acceptors (Lipinski definition) is 5. The van der Waals surface area contributed by atoms with Gasteiger partial charge in [0.1, 0.15) is 5.75 Å². The third-order valence-electron chi connectivity index (χ3n) is 5.20. The number of nitrogens with one attached hydrogen (secondary N) is 1. The fourth-order valence-corrected chi connectivity index (χ4v) is 3.69. The summed E-state index contributed by atoms with van der Waals surface area (Å²) in [7, 11) is 1.55. The Labute approximate surface area is 169 Å². The van der Waals surface area contributed by atoms with E-state index in [1.54, 1.807) is 30.2 Å². The summed E-state index contributed by atoms with van der Waals surface area (Å²) >= 11 is 6.07. The van der Waals surface area contributed by atoms with Crippen LogP contribution in [0.25, 0.3) is 0 Å². The van der Waals surface area contributed by atoms with Crippen molar-refractivity contribution in [2.24, 2.45) is 4.99 Å². The molecule has 0 unspecified atom stereocenters. The molecule has 1 amide bonds. The van der Waals surface area contributed by atoms with Gasteiger partial charge < -0.3 is 9.64 Å². The molecule has 2 aliphatic rings. The van der Waals surface area contributed by atoms with Gasteiger partial charge in [0.2, 0.25) is 0 Å². The number of piperidine rings is 1. The van der Waals surface area contributed by atoms with E-state index in [9.17, 15) is 4.79 Å². The van der Waals surface area contributed by atoms with Crippen molar-refractivity contribution in [1.82, 2.24) is 10.4 Å². The van der Waals surface area contributed by atoms with Crippen LogP contribution in [0.15, 0.2) is 47.5 Å². The minimum absolute atomic E-state index is 0.0945. The van der Waals surface area contributed by atoms with Gasteiger partial charge in [-0.05, 0) is 25.1 Å². The molecule has 2 heterocycles. The van der Waals surface area contributed by atoms with Crippen molar-refractivity contribution in [3.05, 3.63) is 64.2 Å². The Morgan fingerprint density at radius 2 is 1.93 bits per heavy atom. The Kier molecular flexibility index (Phi) is 5.00. The molecule has 0 aromatic heterocycles. The molecular formula is C21H22ClN3O3. The number of aliphatic imine (C=N–C) groups is 1. The molecule has 1 fully saturated rings. The number of carbonyl (C=O) groups excluding carboxylic acids is 1. The standard InChI is InChI=1S/C21H22ClN3O3/c1-14-3-5-15(6-4-14)19-23-21(28-24-19)9-11-25(12-10-21)20(26)17-13-16(22)7-8-18(17)27-2/h3-8,13H,9-12H2,1-2H3,(H,23,24). The van der Waals surface area contributed by atoms with Gasteiger partial charge in [0, 0.05) is 36.5 Å². The highest BCUT2D eigenvalue weighted by molar-refractivity contribution is 6.31. The van der Waals surface area contributed by atoms with E-state index in [1.165, 1.54) is 5.56 Å². The summed E-state index contributed by atoms with van der Waals surface area (Å²) in [5.74, 6) is 1.16. The van der Waals surface area contributed by atoms with E-state index in [0.717, 1.165) is 11.4 Å². The van der Waals surface area contributed by atoms with Crippen molar-refractivity contribution in [3.8, 4) is 5.75 Å². The lowest BCUT2D eigenvalue weighted by molar-refractivity contribution is -0.0849. The molecule has 0 aliphatic carbocycles. The van der Waals surface area contributed by atoms with Crippen LogP contribution >= 0.6 is 11.6 Å². The van der Waals surface area contributed by atoms with Crippen molar-refractivity contribution < 1.29 is 14.4 Å². The van der Waals surface area contributed by atoms with Gasteiger partial charge in [0.05, 0.1) is 12.7 Å². The summed E-state index contributed by atoms with van der Waals surface area (Å²) in [6.45, 7) is 3.13. The maximum absolute atomic E-state index is 12.9. The predicted octanol–water partition coefficient (Wildman–Crippen LogP) is 3.57. The van der Waals surface area contributed by atoms with E-state index in [-0.39, 0.29) is 5.91 Å². The molecule has 7 heteroatoms. The number of amidine groups is 1. The zero-order valence-corrected chi connectivity index (χ0v) is 16.6. The van der Waals surface area contributed by atoms with Crippen LogP contribution < -0.4 is 10.2 Å². The Balaban J connectivity index is 1.47. The van der Waals surface area contributed by atoms with Crippen molar-refractivity contribution in [2.45, 2.75) is 25.5 Å². The molecule has 1 spiro atoms. The summed E-state index contributed by atoms with van der Waals surface area (Å²) in [6, 6.07) is 13.2. The van der Waals surface area contributed by atoms with Crippen molar-refractivity contribution >= 4 is 23.3 Å². The number of hydrogen-bond donors (Lipinski definition) is 1. The lowest BCUT2D eigenvalue weighted by Gasteiger charge is -2.35. The third-order valence-corrected chi connectivity index (χ3v) is 5.44. The van der Waals surface area contributed by atoms with Gasteiger partial charge in [-0.15, -0.1) is 0 Å². The van der Waals surface area contributed by atoms with E-state index in [2.05, 4.69) is 5.48 Å². The molecule has 0 saturated carbocycles. The largest absolute Gasteiger partial charge is 0.496 e. The average Bonchev–Trinajstić information content (AvgIpc) is 3.12. The number of ether oxygens (including phenoxy) is 1. The summed E-state index contributed by atoms with van der Waals surface area (Å²) in [4.78, 5) is 25.4. The van der Waals surface area contributed by atoms with Gasteiger partial charge >= 0.3 is 0 Å². The van der Waals surface area contributed by atoms with E-state index in [4.69, 9.17) is 26.2 Å². The molecule has 2 aliphatic heterocycles. The fourth-order valence-electron chi connectivity index (χ4n) is 3.52. The summed E-state index contributed by atoms with van der Waals surface area (Å²) in [6.07, 6.45) is 1.23. The SMILES string of the molecule is COc1ccc(Cl)cc1C(=O)N1CCC2(CC1)N=C(c1ccc(C)cc1)NO2. The van der Waals surface area contributed by atoms with Crippen LogP contribution in [0.1, 0.15) is 34.3 Å². The maximum atomic E-state index is 12.9. The highest BCUT2D eigenvalue weighted by Crippen LogP contribution is 2.33. The van der Waals surface area contributed by atoms with Crippen LogP contribution in [-0.2, 0) is 4.84 Å². The first-order valence-electron chi connectivity index (χ1n) is 9.23. The first-order valence-corrected chi connectivity index (χ1v) is 9.61. The van der Waals surface area contributed by atoms with Gasteiger partial charge in [-0.2, -0.15) is 0 Å². The monoisotopic (exact) mass is 399 g/mol. The summed E-state index contributed by atoms with van der Waals surface area (Å²) in [5.41, 5.74) is 4.99. The number of rotatable bonds is 3. The minimum atomic E-state index is -0.630. The van der Waals surface area contributed by atoms with Crippen molar-refractivity contribution in [2.75, 3.05) is 20.2 Å². The van der Waals surface area contributed by atoms with Gasteiger partial charge in [-0.1, -0.05) is 41.4 Å². The number of amides is 1. The molecule has 2 aromatic carbocycles. The number of nitrogens with zero attached hydrogens (tertiary/aromatic N) is 2. The predicted molar refractivity (Wildman–Crippen MR) is 108 cm³/mol. The molecule has 6 nitrogen and oxygen atoms in total. The van der Waals surface area contributed by atoms with Gasteiger partial charge in [-0.25, -0.2) is 15.3 Å². The molecule has 0 radical (unpaired) electrons. The van der Waals surface area contributed by atoms with Crippen LogP contribution in [0.4, 0.5) is 0 Å². The quantitative estimate of drug-likeness (QED) is 0.857. The molecule has 1 saturated heterocycles. The molecule has 1 N–H and O–H groups in total. The zero-order chi connectivity index (χ0) is 19.7. The van der Waals surface area contributed by atoms with E-state index >= 15 is 0 Å². The number of hydroxylamine groups is 1. The lowest BCUT2D eigenvalue weighted by atomic mass is 10.00. The molecule has 0 bridgehead atoms. The molecule has 4 rings (SSSR count). The van der Waals surface area contributed by atoms with E-state index in [0.29, 0.717) is 42.3 Å². The smallest absolute Gasteiger partial charge is 0.257 e. The second-order valence-electron chi connectivity index (χ2n) is 7.11. The lowest BCUT2D eigenvalue weighted by Crippen LogP contribution is -2.46. The minimum Gasteiger partial charge on any atom is -0.496 e. The number of carbonyl (C=O) groups is 1. The van der Waals surface area contributed by atoms with Gasteiger partial charge in [-0.3, -0.25) is 4.79 Å². The second kappa shape index (κ2) is 7.45. The first-order chi connectivity index (χ1) is 13.5. The Bertz CT molecular complexity index is 919. The first kappa shape index (κ1) is 18.8. The summed E-state index contributed by atoms with van der Waals surface area (Å²) < 4.78 is 5.31. The van der Waals surface area contributed by atoms with Crippen molar-refractivity contribution in [1.29, 1.82) is 0 Å². The van der Waals surface area contributed by atoms with Crippen LogP contribution in [0.2, 0.25) is 5.02 Å². The molecule has 28 heavy (non-hydrogen) atoms. The van der Waals surface area contributed by atoms with Gasteiger partial charge in [0.25, 0.3) is 5.91 Å². The van der Waals surface area contributed by atoms with Crippen LogP contribution in [-0.4, -0.2) is 42.6 Å². The maximum Gasteiger partial charge on any atom is 0.257 e. The van der Waals surface area contributed by atoms with Crippen LogP contribution in [0, 0.1) is 6.92 Å². The second-order valence-corrected chi connectivity index (χ2v) is 7.55. The highest BCUT2D eigenvalue weighted by atomic mass is 35.5. The number of methoxy groups -OCH3 is 1. The highest BCUT2D eigenvalue weighted by Gasteiger charge is 2.41. The van der Waals surface area contributed by atoms with E-state index in [1.807, 2.05) is 31.2 Å². The molecule has 2 aromatic rings. The Hall–Kier alpha value is -2.57. The topological polar surface area (TPSA) is 63.2 Å². The number of benzene rings is 2. The fraction of sp³-hybridized carbons (Fsp3) is 0.333. The third kappa shape index (κ3) is 3.57. The van der Waals surface area contributed by atoms with E-state index < -0.39 is 5.72 Å². The van der Waals surface area contributed by atoms with Crippen molar-refractivity contribution in [3.63, 3.8) is 0 Å². The number of aryl methyl sites for hydroxylation is 1. The normalized spacial score (nSPS) is 18.0. The molecule has 0 atom stereocenters. The Morgan fingerprint density at radius 1 is 1.21 bits per heavy atom. The molecule has 146 valence electrons. The van der Waals surface area contributed by atoms with Gasteiger partial charge in [0.15, 0.2) is 11.6 Å². The zero-order valence-electron chi connectivity index (χ0n) is 15.9. The van der Waals surface area contributed by atoms with Crippen LogP contribution in [0.3, 0.4) is 0 Å². The number of halogens is 1. The number of likely N-dealkylation sites (tertiary alicyclic amines) is 1. The summed E-state index contributed by atoms with van der Waals surface area (Å²) in [5, 5.41) is 0.508. The van der Waals surface area contributed by atoms with Crippen LogP contribution in [0.5, 0.6) is 5.75 Å². The Morgan fingerprint density at radius 3 is 2.61 bits per heavy atom. The molecular weight excluding hydrogens is 378 g/mol. The average molecular weight is 400 g/mol.